The lowest BCUT2D eigenvalue weighted by Crippen LogP contribution is -2.29. The van der Waals surface area contributed by atoms with E-state index in [0.29, 0.717) is 28.6 Å². The van der Waals surface area contributed by atoms with Gasteiger partial charge in [0.15, 0.2) is 5.58 Å². The third kappa shape index (κ3) is 4.44. The van der Waals surface area contributed by atoms with Gasteiger partial charge in [-0.25, -0.2) is 18.4 Å². The minimum atomic E-state index is -3.81. The Kier molecular flexibility index (Phi) is 5.15. The SMILES string of the molecule is CCC(NC(=O)Cc1ccc2oc(=O)[nH]c2c1)c1cccc(S(N)(=O)=O)c1. The third-order valence-electron chi connectivity index (χ3n) is 4.18. The fraction of sp³-hybridized carbons (Fsp3) is 0.222. The lowest BCUT2D eigenvalue weighted by atomic mass is 10.0. The number of H-pyrrole nitrogens is 1. The molecule has 1 atom stereocenters. The number of hydrogen-bond acceptors (Lipinski definition) is 5. The van der Waals surface area contributed by atoms with Crippen molar-refractivity contribution in [3.8, 4) is 0 Å². The zero-order chi connectivity index (χ0) is 19.6. The summed E-state index contributed by atoms with van der Waals surface area (Å²) in [5.74, 6) is -0.777. The summed E-state index contributed by atoms with van der Waals surface area (Å²) in [4.78, 5) is 26.2. The molecule has 0 fully saturated rings. The Hall–Kier alpha value is -2.91. The molecule has 1 unspecified atom stereocenters. The summed E-state index contributed by atoms with van der Waals surface area (Å²) in [6, 6.07) is 10.9. The van der Waals surface area contributed by atoms with Crippen molar-refractivity contribution >= 4 is 27.0 Å². The molecule has 1 aromatic heterocycles. The van der Waals surface area contributed by atoms with Crippen LogP contribution in [0.4, 0.5) is 0 Å². The van der Waals surface area contributed by atoms with Crippen LogP contribution in [0.3, 0.4) is 0 Å². The van der Waals surface area contributed by atoms with Gasteiger partial charge < -0.3 is 9.73 Å². The van der Waals surface area contributed by atoms with Crippen LogP contribution in [0.25, 0.3) is 11.1 Å². The maximum atomic E-state index is 12.4. The normalized spacial score (nSPS) is 12.8. The van der Waals surface area contributed by atoms with Crippen LogP contribution in [-0.4, -0.2) is 19.3 Å². The fourth-order valence-electron chi connectivity index (χ4n) is 2.87. The first-order valence-electron chi connectivity index (χ1n) is 8.30. The van der Waals surface area contributed by atoms with Crippen molar-refractivity contribution in [3.63, 3.8) is 0 Å². The van der Waals surface area contributed by atoms with E-state index in [1.807, 2.05) is 6.92 Å². The van der Waals surface area contributed by atoms with Crippen LogP contribution in [0.2, 0.25) is 0 Å². The zero-order valence-electron chi connectivity index (χ0n) is 14.6. The van der Waals surface area contributed by atoms with E-state index in [1.54, 1.807) is 30.3 Å². The fourth-order valence-corrected chi connectivity index (χ4v) is 3.44. The van der Waals surface area contributed by atoms with Crippen molar-refractivity contribution in [3.05, 3.63) is 64.1 Å². The van der Waals surface area contributed by atoms with E-state index < -0.39 is 15.8 Å². The summed E-state index contributed by atoms with van der Waals surface area (Å²) in [5, 5.41) is 8.06. The van der Waals surface area contributed by atoms with Gasteiger partial charge in [-0.15, -0.1) is 0 Å². The highest BCUT2D eigenvalue weighted by Crippen LogP contribution is 2.20. The van der Waals surface area contributed by atoms with E-state index in [-0.39, 0.29) is 23.3 Å². The van der Waals surface area contributed by atoms with Gasteiger partial charge in [0.25, 0.3) is 0 Å². The molecule has 0 aliphatic heterocycles. The molecule has 27 heavy (non-hydrogen) atoms. The number of amides is 1. The zero-order valence-corrected chi connectivity index (χ0v) is 15.4. The van der Waals surface area contributed by atoms with E-state index in [1.165, 1.54) is 12.1 Å². The second kappa shape index (κ2) is 7.37. The summed E-state index contributed by atoms with van der Waals surface area (Å²) < 4.78 is 28.0. The van der Waals surface area contributed by atoms with Crippen molar-refractivity contribution in [2.24, 2.45) is 5.14 Å². The second-order valence-electron chi connectivity index (χ2n) is 6.17. The number of fused-ring (bicyclic) bond motifs is 1. The predicted octanol–water partition coefficient (Wildman–Crippen LogP) is 1.58. The van der Waals surface area contributed by atoms with Crippen molar-refractivity contribution in [2.75, 3.05) is 0 Å². The van der Waals surface area contributed by atoms with Gasteiger partial charge in [0, 0.05) is 0 Å². The second-order valence-corrected chi connectivity index (χ2v) is 7.73. The summed E-state index contributed by atoms with van der Waals surface area (Å²) in [5.41, 5.74) is 2.32. The number of nitrogens with two attached hydrogens (primary N) is 1. The predicted molar refractivity (Wildman–Crippen MR) is 99.5 cm³/mol. The van der Waals surface area contributed by atoms with Crippen LogP contribution in [0.15, 0.2) is 56.6 Å². The number of carbonyl (C=O) groups is 1. The van der Waals surface area contributed by atoms with Gasteiger partial charge >= 0.3 is 5.76 Å². The lowest BCUT2D eigenvalue weighted by Gasteiger charge is -2.18. The number of aromatic nitrogens is 1. The van der Waals surface area contributed by atoms with Gasteiger partial charge in [-0.2, -0.15) is 0 Å². The molecule has 0 bridgehead atoms. The van der Waals surface area contributed by atoms with Crippen molar-refractivity contribution in [1.82, 2.24) is 10.3 Å². The Morgan fingerprint density at radius 2 is 2.04 bits per heavy atom. The molecule has 1 amide bonds. The first kappa shape index (κ1) is 18.9. The van der Waals surface area contributed by atoms with Crippen LogP contribution in [0.1, 0.15) is 30.5 Å². The Labute approximate surface area is 155 Å². The molecule has 142 valence electrons. The standard InChI is InChI=1S/C18H19N3O5S/c1-2-14(12-4-3-5-13(10-12)27(19,24)25)20-17(22)9-11-6-7-16-15(8-11)21-18(23)26-16/h3-8,10,14H,2,9H2,1H3,(H,20,22)(H,21,23)(H2,19,24,25). The molecule has 0 saturated carbocycles. The van der Waals surface area contributed by atoms with E-state index in [2.05, 4.69) is 10.3 Å². The average molecular weight is 389 g/mol. The van der Waals surface area contributed by atoms with Gasteiger partial charge in [-0.1, -0.05) is 25.1 Å². The highest BCUT2D eigenvalue weighted by Gasteiger charge is 2.16. The Balaban J connectivity index is 1.75. The van der Waals surface area contributed by atoms with Gasteiger partial charge in [0.1, 0.15) is 0 Å². The third-order valence-corrected chi connectivity index (χ3v) is 5.09. The number of rotatable bonds is 6. The molecule has 0 spiro atoms. The Bertz CT molecular complexity index is 1150. The average Bonchev–Trinajstić information content (AvgIpc) is 2.98. The van der Waals surface area contributed by atoms with Gasteiger partial charge in [0.2, 0.25) is 15.9 Å². The topological polar surface area (TPSA) is 135 Å². The van der Waals surface area contributed by atoms with Gasteiger partial charge in [-0.05, 0) is 41.8 Å². The summed E-state index contributed by atoms with van der Waals surface area (Å²) in [7, 11) is -3.81. The smallest absolute Gasteiger partial charge is 0.408 e. The number of carbonyl (C=O) groups excluding carboxylic acids is 1. The van der Waals surface area contributed by atoms with Crippen molar-refractivity contribution in [1.29, 1.82) is 0 Å². The maximum absolute atomic E-state index is 12.4. The number of benzene rings is 2. The molecular formula is C18H19N3O5S. The molecule has 3 aromatic rings. The first-order chi connectivity index (χ1) is 12.8. The minimum Gasteiger partial charge on any atom is -0.408 e. The molecule has 1 heterocycles. The number of aromatic amines is 1. The molecule has 2 aromatic carbocycles. The van der Waals surface area contributed by atoms with Gasteiger partial charge in [0.05, 0.1) is 22.9 Å². The molecule has 4 N–H and O–H groups in total. The molecule has 9 heteroatoms. The summed E-state index contributed by atoms with van der Waals surface area (Å²) >= 11 is 0. The lowest BCUT2D eigenvalue weighted by molar-refractivity contribution is -0.121. The highest BCUT2D eigenvalue weighted by molar-refractivity contribution is 7.89. The maximum Gasteiger partial charge on any atom is 0.417 e. The Morgan fingerprint density at radius 3 is 2.74 bits per heavy atom. The molecular weight excluding hydrogens is 370 g/mol. The Morgan fingerprint density at radius 1 is 1.26 bits per heavy atom. The molecule has 3 rings (SSSR count). The molecule has 0 aliphatic carbocycles. The summed E-state index contributed by atoms with van der Waals surface area (Å²) in [6.07, 6.45) is 0.683. The molecule has 0 aliphatic rings. The van der Waals surface area contributed by atoms with Crippen LogP contribution >= 0.6 is 0 Å². The highest BCUT2D eigenvalue weighted by atomic mass is 32.2. The van der Waals surface area contributed by atoms with Crippen LogP contribution in [0.5, 0.6) is 0 Å². The monoisotopic (exact) mass is 389 g/mol. The van der Waals surface area contributed by atoms with E-state index in [9.17, 15) is 18.0 Å². The van der Waals surface area contributed by atoms with Crippen LogP contribution in [0, 0.1) is 0 Å². The van der Waals surface area contributed by atoms with Gasteiger partial charge in [-0.3, -0.25) is 9.78 Å². The largest absolute Gasteiger partial charge is 0.417 e. The number of hydrogen-bond donors (Lipinski definition) is 3. The van der Waals surface area contributed by atoms with E-state index in [0.717, 1.165) is 0 Å². The molecule has 0 radical (unpaired) electrons. The van der Waals surface area contributed by atoms with Crippen LogP contribution in [-0.2, 0) is 21.2 Å². The van der Waals surface area contributed by atoms with E-state index in [4.69, 9.17) is 9.56 Å². The quantitative estimate of drug-likeness (QED) is 0.588. The number of nitrogens with one attached hydrogen (secondary N) is 2. The van der Waals surface area contributed by atoms with Crippen molar-refractivity contribution in [2.45, 2.75) is 30.7 Å². The molecule has 8 nitrogen and oxygen atoms in total. The minimum absolute atomic E-state index is 0.00191. The number of oxazole rings is 1. The van der Waals surface area contributed by atoms with Crippen LogP contribution < -0.4 is 16.2 Å². The molecule has 0 saturated heterocycles. The summed E-state index contributed by atoms with van der Waals surface area (Å²) in [6.45, 7) is 1.89. The van der Waals surface area contributed by atoms with E-state index >= 15 is 0 Å². The first-order valence-corrected chi connectivity index (χ1v) is 9.85. The number of primary sulfonamides is 1. The number of sulfonamides is 1. The van der Waals surface area contributed by atoms with Crippen molar-refractivity contribution < 1.29 is 17.6 Å².